The van der Waals surface area contributed by atoms with Crippen LogP contribution in [0.5, 0.6) is 0 Å². The number of imide groups is 1. The molecule has 6 nitrogen and oxygen atoms in total. The molecule has 0 aromatic heterocycles. The number of hydrogen-bond donors (Lipinski definition) is 3. The highest BCUT2D eigenvalue weighted by Gasteiger charge is 2.32. The Morgan fingerprint density at radius 1 is 1.33 bits per heavy atom. The predicted molar refractivity (Wildman–Crippen MR) is 77.7 cm³/mol. The van der Waals surface area contributed by atoms with Gasteiger partial charge in [-0.3, -0.25) is 14.9 Å². The van der Waals surface area contributed by atoms with Crippen LogP contribution in [-0.2, 0) is 9.59 Å². The topological polar surface area (TPSA) is 87.3 Å². The lowest BCUT2D eigenvalue weighted by molar-refractivity contribution is -0.126. The van der Waals surface area contributed by atoms with Crippen molar-refractivity contribution in [1.29, 1.82) is 0 Å². The van der Waals surface area contributed by atoms with Gasteiger partial charge in [0.25, 0.3) is 5.91 Å². The summed E-state index contributed by atoms with van der Waals surface area (Å²) in [6, 6.07) is 6.64. The Labute approximate surface area is 126 Å². The van der Waals surface area contributed by atoms with E-state index in [1.807, 2.05) is 24.3 Å². The number of thioether (sulfide) groups is 1. The maximum atomic E-state index is 12.1. The molecular formula is C14H15N3O3S. The Morgan fingerprint density at radius 3 is 2.90 bits per heavy atom. The molecule has 2 atom stereocenters. The third-order valence-electron chi connectivity index (χ3n) is 3.54. The van der Waals surface area contributed by atoms with Crippen LogP contribution in [0.1, 0.15) is 24.4 Å². The molecule has 2 heterocycles. The van der Waals surface area contributed by atoms with E-state index in [2.05, 4.69) is 16.0 Å². The number of rotatable bonds is 3. The van der Waals surface area contributed by atoms with Gasteiger partial charge in [0.05, 0.1) is 12.5 Å². The highest BCUT2D eigenvalue weighted by atomic mass is 32.2. The molecule has 1 aromatic carbocycles. The number of nitrogens with one attached hydrogen (secondary N) is 3. The predicted octanol–water partition coefficient (Wildman–Crippen LogP) is 0.938. The fraction of sp³-hybridized carbons (Fsp3) is 0.357. The summed E-state index contributed by atoms with van der Waals surface area (Å²) in [6.07, 6.45) is 0.819. The fourth-order valence-electron chi connectivity index (χ4n) is 2.53. The zero-order valence-electron chi connectivity index (χ0n) is 11.2. The first-order valence-corrected chi connectivity index (χ1v) is 7.74. The first-order valence-electron chi connectivity index (χ1n) is 6.76. The largest absolute Gasteiger partial charge is 0.349 e. The van der Waals surface area contributed by atoms with Crippen LogP contribution >= 0.6 is 11.8 Å². The molecule has 0 spiro atoms. The second-order valence-corrected chi connectivity index (χ2v) is 6.15. The van der Waals surface area contributed by atoms with E-state index >= 15 is 0 Å². The molecule has 0 aliphatic carbocycles. The number of hydrogen-bond acceptors (Lipinski definition) is 4. The van der Waals surface area contributed by atoms with Crippen molar-refractivity contribution in [3.05, 3.63) is 29.8 Å². The number of carbonyl (C=O) groups is 3. The normalized spacial score (nSPS) is 24.0. The van der Waals surface area contributed by atoms with Gasteiger partial charge in [-0.1, -0.05) is 18.2 Å². The molecule has 2 aliphatic rings. The van der Waals surface area contributed by atoms with Crippen LogP contribution in [0, 0.1) is 0 Å². The number of benzene rings is 1. The van der Waals surface area contributed by atoms with E-state index in [4.69, 9.17) is 0 Å². The van der Waals surface area contributed by atoms with Crippen molar-refractivity contribution in [2.45, 2.75) is 29.8 Å². The molecule has 4 amide bonds. The summed E-state index contributed by atoms with van der Waals surface area (Å²) in [5.74, 6) is 0.265. The van der Waals surface area contributed by atoms with E-state index in [9.17, 15) is 14.4 Å². The molecular weight excluding hydrogens is 290 g/mol. The van der Waals surface area contributed by atoms with E-state index in [-0.39, 0.29) is 18.4 Å². The number of carbonyl (C=O) groups excluding carboxylic acids is 3. The van der Waals surface area contributed by atoms with Gasteiger partial charge < -0.3 is 10.6 Å². The third-order valence-corrected chi connectivity index (χ3v) is 4.66. The lowest BCUT2D eigenvalue weighted by Gasteiger charge is -2.26. The van der Waals surface area contributed by atoms with Crippen LogP contribution in [0.2, 0.25) is 0 Å². The van der Waals surface area contributed by atoms with Crippen LogP contribution < -0.4 is 16.0 Å². The molecule has 1 aromatic rings. The van der Waals surface area contributed by atoms with Gasteiger partial charge >= 0.3 is 6.03 Å². The van der Waals surface area contributed by atoms with Crippen LogP contribution in [0.4, 0.5) is 4.79 Å². The zero-order valence-corrected chi connectivity index (χ0v) is 12.0. The standard InChI is InChI=1S/C14H15N3O3S/c18-12(7-10-13(19)17-14(20)16-10)15-9-5-6-21-11-4-2-1-3-8(9)11/h1-4,9-10H,5-7H2,(H,15,18)(H2,16,17,19,20)/t9-,10-/m1/s1. The Bertz CT molecular complexity index is 605. The lowest BCUT2D eigenvalue weighted by atomic mass is 10.0. The van der Waals surface area contributed by atoms with E-state index in [0.717, 1.165) is 17.7 Å². The van der Waals surface area contributed by atoms with Crippen LogP contribution in [-0.4, -0.2) is 29.6 Å². The Balaban J connectivity index is 1.63. The molecule has 1 saturated heterocycles. The van der Waals surface area contributed by atoms with E-state index in [1.54, 1.807) is 11.8 Å². The molecule has 0 radical (unpaired) electrons. The van der Waals surface area contributed by atoms with E-state index < -0.39 is 18.0 Å². The van der Waals surface area contributed by atoms with Gasteiger partial charge in [0, 0.05) is 10.6 Å². The smallest absolute Gasteiger partial charge is 0.322 e. The van der Waals surface area contributed by atoms with Crippen LogP contribution in [0.25, 0.3) is 0 Å². The molecule has 7 heteroatoms. The molecule has 2 aliphatic heterocycles. The van der Waals surface area contributed by atoms with E-state index in [1.165, 1.54) is 4.90 Å². The molecule has 0 bridgehead atoms. The summed E-state index contributed by atoms with van der Waals surface area (Å²) >= 11 is 1.78. The van der Waals surface area contributed by atoms with Crippen molar-refractivity contribution in [2.24, 2.45) is 0 Å². The number of amides is 4. The molecule has 3 rings (SSSR count). The second-order valence-electron chi connectivity index (χ2n) is 5.01. The van der Waals surface area contributed by atoms with Gasteiger partial charge in [0.15, 0.2) is 0 Å². The molecule has 0 saturated carbocycles. The van der Waals surface area contributed by atoms with Crippen LogP contribution in [0.3, 0.4) is 0 Å². The fourth-order valence-corrected chi connectivity index (χ4v) is 3.66. The van der Waals surface area contributed by atoms with Crippen molar-refractivity contribution in [3.63, 3.8) is 0 Å². The summed E-state index contributed by atoms with van der Waals surface area (Å²) in [5, 5.41) is 7.50. The van der Waals surface area contributed by atoms with Crippen molar-refractivity contribution in [1.82, 2.24) is 16.0 Å². The van der Waals surface area contributed by atoms with Crippen molar-refractivity contribution in [2.75, 3.05) is 5.75 Å². The van der Waals surface area contributed by atoms with Gasteiger partial charge in [-0.25, -0.2) is 4.79 Å². The number of fused-ring (bicyclic) bond motifs is 1. The molecule has 110 valence electrons. The van der Waals surface area contributed by atoms with Gasteiger partial charge in [0.1, 0.15) is 6.04 Å². The van der Waals surface area contributed by atoms with Crippen molar-refractivity contribution >= 4 is 29.6 Å². The minimum Gasteiger partial charge on any atom is -0.349 e. The maximum absolute atomic E-state index is 12.1. The second kappa shape index (κ2) is 5.77. The Morgan fingerprint density at radius 2 is 2.14 bits per heavy atom. The highest BCUT2D eigenvalue weighted by molar-refractivity contribution is 7.99. The minimum absolute atomic E-state index is 0.0323. The molecule has 3 N–H and O–H groups in total. The van der Waals surface area contributed by atoms with Crippen LogP contribution in [0.15, 0.2) is 29.2 Å². The molecule has 1 fully saturated rings. The van der Waals surface area contributed by atoms with Gasteiger partial charge in [-0.15, -0.1) is 11.8 Å². The average molecular weight is 305 g/mol. The number of urea groups is 1. The summed E-state index contributed by atoms with van der Waals surface area (Å²) in [5.41, 5.74) is 1.11. The quantitative estimate of drug-likeness (QED) is 0.725. The lowest BCUT2D eigenvalue weighted by Crippen LogP contribution is -2.38. The highest BCUT2D eigenvalue weighted by Crippen LogP contribution is 2.35. The Kier molecular flexibility index (Phi) is 3.83. The average Bonchev–Trinajstić information content (AvgIpc) is 2.77. The van der Waals surface area contributed by atoms with Gasteiger partial charge in [0.2, 0.25) is 5.91 Å². The summed E-state index contributed by atoms with van der Waals surface area (Å²) in [6.45, 7) is 0. The summed E-state index contributed by atoms with van der Waals surface area (Å²) in [4.78, 5) is 35.7. The van der Waals surface area contributed by atoms with Crippen molar-refractivity contribution < 1.29 is 14.4 Å². The Hall–Kier alpha value is -2.02. The van der Waals surface area contributed by atoms with E-state index in [0.29, 0.717) is 0 Å². The SMILES string of the molecule is O=C(C[C@H]1NC(=O)NC1=O)N[C@@H]1CCSc2ccccc21. The summed E-state index contributed by atoms with van der Waals surface area (Å²) < 4.78 is 0. The first kappa shape index (κ1) is 13.9. The maximum Gasteiger partial charge on any atom is 0.322 e. The monoisotopic (exact) mass is 305 g/mol. The van der Waals surface area contributed by atoms with Gasteiger partial charge in [-0.05, 0) is 18.1 Å². The molecule has 0 unspecified atom stereocenters. The minimum atomic E-state index is -0.772. The zero-order chi connectivity index (χ0) is 14.8. The third kappa shape index (κ3) is 3.02. The first-order chi connectivity index (χ1) is 10.1. The van der Waals surface area contributed by atoms with Gasteiger partial charge in [-0.2, -0.15) is 0 Å². The molecule has 21 heavy (non-hydrogen) atoms. The summed E-state index contributed by atoms with van der Waals surface area (Å²) in [7, 11) is 0. The van der Waals surface area contributed by atoms with Crippen molar-refractivity contribution in [3.8, 4) is 0 Å².